The van der Waals surface area contributed by atoms with Crippen molar-refractivity contribution < 1.29 is 27.2 Å². The molecule has 0 N–H and O–H groups in total. The van der Waals surface area contributed by atoms with Crippen molar-refractivity contribution >= 4 is 11.0 Å². The van der Waals surface area contributed by atoms with Crippen molar-refractivity contribution in [3.63, 3.8) is 0 Å². The molecule has 0 amide bonds. The van der Waals surface area contributed by atoms with Gasteiger partial charge in [0.25, 0.3) is 5.88 Å². The van der Waals surface area contributed by atoms with Crippen molar-refractivity contribution in [1.29, 1.82) is 0 Å². The minimum absolute atomic E-state index is 0.223. The first kappa shape index (κ1) is 19.8. The predicted octanol–water partition coefficient (Wildman–Crippen LogP) is 5.75. The van der Waals surface area contributed by atoms with Crippen LogP contribution in [0.3, 0.4) is 0 Å². The van der Waals surface area contributed by atoms with Gasteiger partial charge < -0.3 is 18.6 Å². The number of aromatic nitrogens is 3. The van der Waals surface area contributed by atoms with Gasteiger partial charge in [-0.1, -0.05) is 18.2 Å². The second-order valence-electron chi connectivity index (χ2n) is 6.90. The van der Waals surface area contributed by atoms with Gasteiger partial charge in [-0.25, -0.2) is 4.98 Å². The maximum atomic E-state index is 12.3. The summed E-state index contributed by atoms with van der Waals surface area (Å²) in [6.07, 6.45) is -1.13. The molecule has 2 aromatic heterocycles. The number of hydrogen-bond donors (Lipinski definition) is 0. The van der Waals surface area contributed by atoms with E-state index in [1.54, 1.807) is 30.5 Å². The molecule has 0 bridgehead atoms. The smallest absolute Gasteiger partial charge is 0.467 e. The molecule has 4 rings (SSSR count). The lowest BCUT2D eigenvalue weighted by molar-refractivity contribution is -0.274. The molecule has 0 aliphatic rings. The summed E-state index contributed by atoms with van der Waals surface area (Å²) in [7, 11) is 0. The van der Waals surface area contributed by atoms with E-state index in [-0.39, 0.29) is 18.4 Å². The molecule has 0 fully saturated rings. The maximum absolute atomic E-state index is 12.3. The molecular formula is C21H18F3N3O3. The quantitative estimate of drug-likeness (QED) is 0.400. The number of alkyl halides is 3. The van der Waals surface area contributed by atoms with Gasteiger partial charge >= 0.3 is 6.36 Å². The molecule has 4 aromatic rings. The van der Waals surface area contributed by atoms with Gasteiger partial charge in [-0.2, -0.15) is 0 Å². The molecule has 0 unspecified atom stereocenters. The molecule has 0 saturated carbocycles. The summed E-state index contributed by atoms with van der Waals surface area (Å²) >= 11 is 0. The van der Waals surface area contributed by atoms with Gasteiger partial charge in [0, 0.05) is 18.4 Å². The van der Waals surface area contributed by atoms with Crippen LogP contribution < -0.4 is 9.47 Å². The summed E-state index contributed by atoms with van der Waals surface area (Å²) in [6.45, 7) is 4.32. The Kier molecular flexibility index (Phi) is 5.11. The van der Waals surface area contributed by atoms with Crippen molar-refractivity contribution in [2.24, 2.45) is 0 Å². The van der Waals surface area contributed by atoms with E-state index in [2.05, 4.69) is 14.9 Å². The molecule has 30 heavy (non-hydrogen) atoms. The van der Waals surface area contributed by atoms with Crippen LogP contribution in [0.25, 0.3) is 22.1 Å². The highest BCUT2D eigenvalue weighted by atomic mass is 19.4. The van der Waals surface area contributed by atoms with Crippen molar-refractivity contribution in [2.45, 2.75) is 32.9 Å². The number of nitrogens with zero attached hydrogens (tertiary/aromatic N) is 3. The van der Waals surface area contributed by atoms with E-state index in [1.807, 2.05) is 30.7 Å². The zero-order valence-corrected chi connectivity index (χ0v) is 16.2. The van der Waals surface area contributed by atoms with Crippen LogP contribution in [0.5, 0.6) is 11.6 Å². The Bertz CT molecular complexity index is 1150. The maximum Gasteiger partial charge on any atom is 0.573 e. The van der Waals surface area contributed by atoms with Gasteiger partial charge in [0.15, 0.2) is 5.58 Å². The number of halogens is 3. The fourth-order valence-electron chi connectivity index (χ4n) is 3.11. The summed E-state index contributed by atoms with van der Waals surface area (Å²) in [5.41, 5.74) is 2.03. The largest absolute Gasteiger partial charge is 0.573 e. The number of benzene rings is 2. The average molecular weight is 417 g/mol. The molecule has 2 aromatic carbocycles. The second kappa shape index (κ2) is 7.74. The summed E-state index contributed by atoms with van der Waals surface area (Å²) < 4.78 is 54.0. The molecule has 0 aliphatic heterocycles. The van der Waals surface area contributed by atoms with E-state index >= 15 is 0 Å². The molecule has 0 spiro atoms. The zero-order chi connectivity index (χ0) is 21.3. The monoisotopic (exact) mass is 417 g/mol. The van der Waals surface area contributed by atoms with Gasteiger partial charge in [0.1, 0.15) is 18.2 Å². The Morgan fingerprint density at radius 2 is 1.80 bits per heavy atom. The summed E-state index contributed by atoms with van der Waals surface area (Å²) in [5, 5.41) is 4.64. The lowest BCUT2D eigenvalue weighted by Crippen LogP contribution is -2.16. The summed E-state index contributed by atoms with van der Waals surface area (Å²) in [5.74, 6) is 0.807. The number of hydrogen-bond acceptors (Lipinski definition) is 5. The molecule has 2 heterocycles. The van der Waals surface area contributed by atoms with Crippen LogP contribution in [0.1, 0.15) is 25.7 Å². The van der Waals surface area contributed by atoms with Crippen LogP contribution in [0.2, 0.25) is 0 Å². The van der Waals surface area contributed by atoms with Gasteiger partial charge in [-0.05, 0) is 54.4 Å². The Morgan fingerprint density at radius 3 is 2.50 bits per heavy atom. The number of imidazole rings is 1. The first-order valence-electron chi connectivity index (χ1n) is 9.20. The standard InChI is InChI=1S/C21H18F3N3O3/c1-13(2)27-10-9-25-19(27)12-28-20-17-11-15(5-8-18(17)30-26-20)14-3-6-16(7-4-14)29-21(22,23)24/h3-11,13H,12H2,1-2H3. The van der Waals surface area contributed by atoms with Crippen molar-refractivity contribution in [3.8, 4) is 22.8 Å². The molecular weight excluding hydrogens is 399 g/mol. The van der Waals surface area contributed by atoms with Gasteiger partial charge in [-0.15, -0.1) is 13.2 Å². The van der Waals surface area contributed by atoms with E-state index in [9.17, 15) is 13.2 Å². The fraction of sp³-hybridized carbons (Fsp3) is 0.238. The minimum Gasteiger partial charge on any atom is -0.467 e. The first-order valence-corrected chi connectivity index (χ1v) is 9.20. The molecule has 9 heteroatoms. The lowest BCUT2D eigenvalue weighted by Gasteiger charge is -2.11. The minimum atomic E-state index is -4.72. The number of rotatable bonds is 6. The third kappa shape index (κ3) is 4.24. The van der Waals surface area contributed by atoms with Crippen LogP contribution >= 0.6 is 0 Å². The molecule has 0 aliphatic carbocycles. The Balaban J connectivity index is 1.56. The third-order valence-corrected chi connectivity index (χ3v) is 4.50. The van der Waals surface area contributed by atoms with Crippen LogP contribution in [-0.4, -0.2) is 21.1 Å². The van der Waals surface area contributed by atoms with Crippen molar-refractivity contribution in [1.82, 2.24) is 14.7 Å². The molecule has 156 valence electrons. The Labute approximate surface area is 169 Å². The fourth-order valence-corrected chi connectivity index (χ4v) is 3.11. The van der Waals surface area contributed by atoms with Crippen molar-refractivity contribution in [2.75, 3.05) is 0 Å². The predicted molar refractivity (Wildman–Crippen MR) is 103 cm³/mol. The molecule has 0 radical (unpaired) electrons. The van der Waals surface area contributed by atoms with E-state index in [0.29, 0.717) is 22.4 Å². The highest BCUT2D eigenvalue weighted by Crippen LogP contribution is 2.32. The molecule has 0 atom stereocenters. The SMILES string of the molecule is CC(C)n1ccnc1COc1noc2ccc(-c3ccc(OC(F)(F)F)cc3)cc12. The highest BCUT2D eigenvalue weighted by molar-refractivity contribution is 5.87. The number of ether oxygens (including phenoxy) is 2. The van der Waals surface area contributed by atoms with Crippen molar-refractivity contribution in [3.05, 3.63) is 60.7 Å². The van der Waals surface area contributed by atoms with Crippen LogP contribution in [0.4, 0.5) is 13.2 Å². The van der Waals surface area contributed by atoms with E-state index in [4.69, 9.17) is 9.26 Å². The normalized spacial score (nSPS) is 11.9. The second-order valence-corrected chi connectivity index (χ2v) is 6.90. The summed E-state index contributed by atoms with van der Waals surface area (Å²) in [6, 6.07) is 11.2. The Morgan fingerprint density at radius 1 is 1.07 bits per heavy atom. The van der Waals surface area contributed by atoms with Gasteiger partial charge in [-0.3, -0.25) is 0 Å². The van der Waals surface area contributed by atoms with Crippen LogP contribution in [0, 0.1) is 0 Å². The highest BCUT2D eigenvalue weighted by Gasteiger charge is 2.31. The van der Waals surface area contributed by atoms with Gasteiger partial charge in [0.2, 0.25) is 0 Å². The zero-order valence-electron chi connectivity index (χ0n) is 16.2. The third-order valence-electron chi connectivity index (χ3n) is 4.50. The average Bonchev–Trinajstić information content (AvgIpc) is 3.32. The van der Waals surface area contributed by atoms with E-state index < -0.39 is 6.36 Å². The Hall–Kier alpha value is -3.49. The molecule has 6 nitrogen and oxygen atoms in total. The van der Waals surface area contributed by atoms with E-state index in [0.717, 1.165) is 11.4 Å². The van der Waals surface area contributed by atoms with Crippen LogP contribution in [0.15, 0.2) is 59.4 Å². The molecule has 0 saturated heterocycles. The van der Waals surface area contributed by atoms with Crippen LogP contribution in [-0.2, 0) is 6.61 Å². The van der Waals surface area contributed by atoms with E-state index in [1.165, 1.54) is 12.1 Å². The first-order chi connectivity index (χ1) is 14.3. The van der Waals surface area contributed by atoms with Gasteiger partial charge in [0.05, 0.1) is 5.39 Å². The number of fused-ring (bicyclic) bond motifs is 1. The summed E-state index contributed by atoms with van der Waals surface area (Å²) in [4.78, 5) is 4.30. The topological polar surface area (TPSA) is 62.3 Å². The lowest BCUT2D eigenvalue weighted by atomic mass is 10.0.